The predicted molar refractivity (Wildman–Crippen MR) is 78.8 cm³/mol. The van der Waals surface area contributed by atoms with Gasteiger partial charge >= 0.3 is 0 Å². The van der Waals surface area contributed by atoms with Crippen LogP contribution in [0.2, 0.25) is 5.15 Å². The van der Waals surface area contributed by atoms with E-state index in [1.54, 1.807) is 24.7 Å². The Morgan fingerprint density at radius 2 is 2.33 bits per heavy atom. The van der Waals surface area contributed by atoms with Crippen LogP contribution in [0.5, 0.6) is 0 Å². The highest BCUT2D eigenvalue weighted by molar-refractivity contribution is 6.29. The molecule has 3 rings (SSSR count). The summed E-state index contributed by atoms with van der Waals surface area (Å²) in [5.74, 6) is 0.455. The maximum absolute atomic E-state index is 12.4. The highest BCUT2D eigenvalue weighted by Crippen LogP contribution is 2.24. The van der Waals surface area contributed by atoms with E-state index in [1.165, 1.54) is 6.20 Å². The first-order valence-electron chi connectivity index (χ1n) is 6.69. The van der Waals surface area contributed by atoms with Gasteiger partial charge in [0.1, 0.15) is 16.5 Å². The van der Waals surface area contributed by atoms with Gasteiger partial charge in [0.05, 0.1) is 18.3 Å². The van der Waals surface area contributed by atoms with Gasteiger partial charge in [-0.2, -0.15) is 9.61 Å². The molecule has 21 heavy (non-hydrogen) atoms. The second-order valence-corrected chi connectivity index (χ2v) is 5.33. The van der Waals surface area contributed by atoms with E-state index >= 15 is 0 Å². The molecule has 2 N–H and O–H groups in total. The highest BCUT2D eigenvalue weighted by Gasteiger charge is 2.32. The van der Waals surface area contributed by atoms with Crippen LogP contribution in [-0.2, 0) is 4.74 Å². The molecule has 1 aliphatic carbocycles. The quantitative estimate of drug-likeness (QED) is 0.833. The van der Waals surface area contributed by atoms with E-state index < -0.39 is 0 Å². The number of hydrogen-bond acceptors (Lipinski definition) is 5. The number of hydrogen-bond donors (Lipinski definition) is 2. The molecule has 0 unspecified atom stereocenters. The van der Waals surface area contributed by atoms with Crippen LogP contribution in [0, 0.1) is 0 Å². The van der Waals surface area contributed by atoms with E-state index in [0.717, 1.165) is 12.8 Å². The molecule has 0 aromatic carbocycles. The average molecular weight is 310 g/mol. The second kappa shape index (κ2) is 5.50. The Morgan fingerprint density at radius 3 is 2.95 bits per heavy atom. The molecule has 0 spiro atoms. The number of anilines is 1. The summed E-state index contributed by atoms with van der Waals surface area (Å²) in [6.07, 6.45) is 3.46. The molecule has 1 amide bonds. The number of halogens is 1. The molecule has 1 fully saturated rings. The molecule has 1 aliphatic rings. The van der Waals surface area contributed by atoms with Gasteiger partial charge in [0.25, 0.3) is 5.91 Å². The average Bonchev–Trinajstić information content (AvgIpc) is 2.86. The summed E-state index contributed by atoms with van der Waals surface area (Å²) in [7, 11) is 3.41. The number of nitrogens with one attached hydrogen (secondary N) is 2. The van der Waals surface area contributed by atoms with Gasteiger partial charge in [-0.3, -0.25) is 4.79 Å². The molecule has 112 valence electrons. The Hall–Kier alpha value is -1.86. The van der Waals surface area contributed by atoms with E-state index in [0.29, 0.717) is 22.2 Å². The number of amides is 1. The van der Waals surface area contributed by atoms with Crippen molar-refractivity contribution in [2.75, 3.05) is 19.5 Å². The lowest BCUT2D eigenvalue weighted by Crippen LogP contribution is -2.51. The second-order valence-electron chi connectivity index (χ2n) is 4.94. The van der Waals surface area contributed by atoms with Crippen molar-refractivity contribution in [3.8, 4) is 0 Å². The first-order chi connectivity index (χ1) is 10.1. The molecule has 0 radical (unpaired) electrons. The van der Waals surface area contributed by atoms with E-state index in [1.807, 2.05) is 0 Å². The van der Waals surface area contributed by atoms with Gasteiger partial charge in [0, 0.05) is 20.2 Å². The van der Waals surface area contributed by atoms with Crippen LogP contribution in [0.1, 0.15) is 23.2 Å². The predicted octanol–water partition coefficient (Wildman–Crippen LogP) is 1.33. The number of nitrogens with zero attached hydrogens (tertiary/aromatic N) is 3. The van der Waals surface area contributed by atoms with Crippen LogP contribution in [0.4, 0.5) is 5.82 Å². The van der Waals surface area contributed by atoms with Gasteiger partial charge in [-0.1, -0.05) is 11.6 Å². The Bertz CT molecular complexity index is 684. The smallest absolute Gasteiger partial charge is 0.257 e. The standard InChI is InChI=1S/C13H16ClN5O2/c1-15-11-5-10(14)18-12-7(6-16-19(11)12)13(20)17-8-3-4-9(8)21-2/h5-6,8-9,15H,3-4H2,1-2H3,(H,17,20)/t8-,9-/m1/s1. The minimum atomic E-state index is -0.214. The fraction of sp³-hybridized carbons (Fsp3) is 0.462. The molecule has 0 saturated heterocycles. The maximum atomic E-state index is 12.4. The lowest BCUT2D eigenvalue weighted by molar-refractivity contribution is 0.00732. The summed E-state index contributed by atoms with van der Waals surface area (Å²) in [6.45, 7) is 0. The summed E-state index contributed by atoms with van der Waals surface area (Å²) >= 11 is 5.98. The van der Waals surface area contributed by atoms with Gasteiger partial charge in [-0.15, -0.1) is 0 Å². The molecule has 7 nitrogen and oxygen atoms in total. The molecule has 8 heteroatoms. The first-order valence-corrected chi connectivity index (χ1v) is 7.07. The van der Waals surface area contributed by atoms with Crippen molar-refractivity contribution in [3.05, 3.63) is 23.0 Å². The Labute approximate surface area is 126 Å². The van der Waals surface area contributed by atoms with Crippen molar-refractivity contribution >= 4 is 29.0 Å². The lowest BCUT2D eigenvalue weighted by atomic mass is 9.89. The van der Waals surface area contributed by atoms with Crippen LogP contribution < -0.4 is 10.6 Å². The number of fused-ring (bicyclic) bond motifs is 1. The molecule has 0 bridgehead atoms. The Balaban J connectivity index is 1.90. The number of carbonyl (C=O) groups excluding carboxylic acids is 1. The topological polar surface area (TPSA) is 80.5 Å². The molecule has 2 heterocycles. The maximum Gasteiger partial charge on any atom is 0.257 e. The van der Waals surface area contributed by atoms with Crippen molar-refractivity contribution in [2.24, 2.45) is 0 Å². The number of ether oxygens (including phenoxy) is 1. The van der Waals surface area contributed by atoms with Crippen LogP contribution in [0.3, 0.4) is 0 Å². The number of aromatic nitrogens is 3. The summed E-state index contributed by atoms with van der Waals surface area (Å²) in [4.78, 5) is 16.6. The van der Waals surface area contributed by atoms with E-state index in [4.69, 9.17) is 16.3 Å². The van der Waals surface area contributed by atoms with Gasteiger partial charge < -0.3 is 15.4 Å². The van der Waals surface area contributed by atoms with Crippen molar-refractivity contribution in [2.45, 2.75) is 25.0 Å². The van der Waals surface area contributed by atoms with Gasteiger partial charge in [0.15, 0.2) is 5.65 Å². The minimum Gasteiger partial charge on any atom is -0.379 e. The fourth-order valence-corrected chi connectivity index (χ4v) is 2.62. The van der Waals surface area contributed by atoms with E-state index in [2.05, 4.69) is 20.7 Å². The molecule has 1 saturated carbocycles. The lowest BCUT2D eigenvalue weighted by Gasteiger charge is -2.35. The largest absolute Gasteiger partial charge is 0.379 e. The molecule has 0 aliphatic heterocycles. The Kier molecular flexibility index (Phi) is 3.69. The Morgan fingerprint density at radius 1 is 1.52 bits per heavy atom. The first kappa shape index (κ1) is 14.1. The van der Waals surface area contributed by atoms with Crippen molar-refractivity contribution < 1.29 is 9.53 Å². The molecule has 2 atom stereocenters. The van der Waals surface area contributed by atoms with Gasteiger partial charge in [-0.05, 0) is 12.8 Å². The van der Waals surface area contributed by atoms with Crippen LogP contribution >= 0.6 is 11.6 Å². The number of carbonyl (C=O) groups is 1. The van der Waals surface area contributed by atoms with Crippen LogP contribution in [-0.4, -0.2) is 46.8 Å². The van der Waals surface area contributed by atoms with Crippen molar-refractivity contribution in [1.29, 1.82) is 0 Å². The van der Waals surface area contributed by atoms with Gasteiger partial charge in [-0.25, -0.2) is 4.98 Å². The van der Waals surface area contributed by atoms with E-state index in [-0.39, 0.29) is 18.1 Å². The molecular formula is C13H16ClN5O2. The zero-order chi connectivity index (χ0) is 15.0. The zero-order valence-electron chi connectivity index (χ0n) is 11.8. The minimum absolute atomic E-state index is 0.0420. The summed E-state index contributed by atoms with van der Waals surface area (Å²) in [5, 5.41) is 10.4. The highest BCUT2D eigenvalue weighted by atomic mass is 35.5. The van der Waals surface area contributed by atoms with Crippen LogP contribution in [0.25, 0.3) is 5.65 Å². The SMILES string of the molecule is CNc1cc(Cl)nc2c(C(=O)N[C@@H]3CC[C@H]3OC)cnn12. The fourth-order valence-electron chi connectivity index (χ4n) is 2.43. The number of rotatable bonds is 4. The van der Waals surface area contributed by atoms with Crippen LogP contribution in [0.15, 0.2) is 12.3 Å². The molecule has 2 aromatic rings. The summed E-state index contributed by atoms with van der Waals surface area (Å²) in [5.41, 5.74) is 0.827. The van der Waals surface area contributed by atoms with Crippen molar-refractivity contribution in [1.82, 2.24) is 19.9 Å². The number of methoxy groups -OCH3 is 1. The summed E-state index contributed by atoms with van der Waals surface area (Å²) < 4.78 is 6.83. The van der Waals surface area contributed by atoms with Gasteiger partial charge in [0.2, 0.25) is 0 Å². The third-order valence-electron chi connectivity index (χ3n) is 3.77. The zero-order valence-corrected chi connectivity index (χ0v) is 12.5. The normalized spacial score (nSPS) is 21.1. The third kappa shape index (κ3) is 2.43. The molecule has 2 aromatic heterocycles. The monoisotopic (exact) mass is 309 g/mol. The third-order valence-corrected chi connectivity index (χ3v) is 3.97. The van der Waals surface area contributed by atoms with E-state index in [9.17, 15) is 4.79 Å². The van der Waals surface area contributed by atoms with Crippen molar-refractivity contribution in [3.63, 3.8) is 0 Å². The summed E-state index contributed by atoms with van der Waals surface area (Å²) in [6, 6.07) is 1.69. The molecular weight excluding hydrogens is 294 g/mol.